The third-order valence-electron chi connectivity index (χ3n) is 2.68. The van der Waals surface area contributed by atoms with E-state index in [1.807, 2.05) is 6.07 Å². The number of hydrogen-bond acceptors (Lipinski definition) is 4. The fourth-order valence-electron chi connectivity index (χ4n) is 1.77. The molecule has 1 aromatic rings. The number of aromatic amines is 1. The molecule has 0 saturated carbocycles. The molecule has 1 aromatic heterocycles. The zero-order valence-electron chi connectivity index (χ0n) is 8.79. The lowest BCUT2D eigenvalue weighted by Gasteiger charge is -2.21. The van der Waals surface area contributed by atoms with Crippen molar-refractivity contribution in [3.8, 4) is 6.07 Å². The van der Waals surface area contributed by atoms with E-state index in [4.69, 9.17) is 5.26 Å². The van der Waals surface area contributed by atoms with E-state index in [1.165, 1.54) is 6.20 Å². The Morgan fingerprint density at radius 3 is 3.25 bits per heavy atom. The van der Waals surface area contributed by atoms with Gasteiger partial charge in [0.05, 0.1) is 12.1 Å². The minimum Gasteiger partial charge on any atom is -0.316 e. The molecule has 16 heavy (non-hydrogen) atoms. The summed E-state index contributed by atoms with van der Waals surface area (Å²) in [4.78, 5) is 11.8. The topological polar surface area (TPSA) is 93.6 Å². The fourth-order valence-corrected chi connectivity index (χ4v) is 1.77. The minimum absolute atomic E-state index is 0.0245. The zero-order valence-corrected chi connectivity index (χ0v) is 8.79. The zero-order chi connectivity index (χ0) is 11.4. The minimum atomic E-state index is -0.0621. The van der Waals surface area contributed by atoms with Crippen molar-refractivity contribution in [1.82, 2.24) is 15.5 Å². The first-order valence-electron chi connectivity index (χ1n) is 5.26. The van der Waals surface area contributed by atoms with E-state index in [0.717, 1.165) is 19.4 Å². The van der Waals surface area contributed by atoms with Gasteiger partial charge in [-0.3, -0.25) is 9.89 Å². The molecule has 1 amide bonds. The maximum atomic E-state index is 11.8. The number of rotatable bonds is 2. The predicted molar refractivity (Wildman–Crippen MR) is 57.5 cm³/mol. The SMILES string of the molecule is N#Cc1cn[nH]c1NC(=O)C1CCCNC1. The molecule has 1 fully saturated rings. The highest BCUT2D eigenvalue weighted by molar-refractivity contribution is 5.92. The normalized spacial score (nSPS) is 20.1. The standard InChI is InChI=1S/C10H13N5O/c11-4-8-6-13-15-9(8)14-10(16)7-2-1-3-12-5-7/h6-7,12H,1-3,5H2,(H2,13,14,15,16). The summed E-state index contributed by atoms with van der Waals surface area (Å²) in [7, 11) is 0. The van der Waals surface area contributed by atoms with Crippen molar-refractivity contribution in [1.29, 1.82) is 5.26 Å². The fraction of sp³-hybridized carbons (Fsp3) is 0.500. The van der Waals surface area contributed by atoms with Crippen molar-refractivity contribution in [2.24, 2.45) is 5.92 Å². The first-order chi connectivity index (χ1) is 7.81. The number of nitrogens with zero attached hydrogens (tertiary/aromatic N) is 2. The Hall–Kier alpha value is -1.87. The van der Waals surface area contributed by atoms with Crippen LogP contribution in [0.2, 0.25) is 0 Å². The monoisotopic (exact) mass is 219 g/mol. The number of aromatic nitrogens is 2. The third kappa shape index (κ3) is 2.20. The highest BCUT2D eigenvalue weighted by atomic mass is 16.2. The molecule has 0 aliphatic carbocycles. The largest absolute Gasteiger partial charge is 0.316 e. The van der Waals surface area contributed by atoms with Gasteiger partial charge in [-0.25, -0.2) is 0 Å². The number of amides is 1. The molecule has 2 rings (SSSR count). The smallest absolute Gasteiger partial charge is 0.229 e. The van der Waals surface area contributed by atoms with Crippen LogP contribution in [0, 0.1) is 17.2 Å². The Balaban J connectivity index is 1.99. The summed E-state index contributed by atoms with van der Waals surface area (Å²) in [6, 6.07) is 1.96. The molecular weight excluding hydrogens is 206 g/mol. The lowest BCUT2D eigenvalue weighted by atomic mass is 9.99. The second-order valence-electron chi connectivity index (χ2n) is 3.80. The van der Waals surface area contributed by atoms with E-state index in [-0.39, 0.29) is 11.8 Å². The maximum Gasteiger partial charge on any atom is 0.229 e. The van der Waals surface area contributed by atoms with Crippen molar-refractivity contribution in [2.75, 3.05) is 18.4 Å². The molecule has 0 aromatic carbocycles. The van der Waals surface area contributed by atoms with Gasteiger partial charge in [0.15, 0.2) is 0 Å². The van der Waals surface area contributed by atoms with Crippen LogP contribution in [0.15, 0.2) is 6.20 Å². The van der Waals surface area contributed by atoms with E-state index in [9.17, 15) is 4.79 Å². The lowest BCUT2D eigenvalue weighted by Crippen LogP contribution is -2.37. The van der Waals surface area contributed by atoms with Gasteiger partial charge in [0.2, 0.25) is 5.91 Å². The number of carbonyl (C=O) groups excluding carboxylic acids is 1. The maximum absolute atomic E-state index is 11.8. The number of H-pyrrole nitrogens is 1. The van der Waals surface area contributed by atoms with Gasteiger partial charge in [-0.1, -0.05) is 0 Å². The van der Waals surface area contributed by atoms with Crippen LogP contribution in [0.4, 0.5) is 5.82 Å². The van der Waals surface area contributed by atoms with Gasteiger partial charge in [0.25, 0.3) is 0 Å². The highest BCUT2D eigenvalue weighted by Crippen LogP contribution is 2.14. The molecule has 1 unspecified atom stereocenters. The average Bonchev–Trinajstić information content (AvgIpc) is 2.77. The molecule has 0 radical (unpaired) electrons. The van der Waals surface area contributed by atoms with Crippen molar-refractivity contribution < 1.29 is 4.79 Å². The van der Waals surface area contributed by atoms with Crippen LogP contribution in [-0.4, -0.2) is 29.2 Å². The van der Waals surface area contributed by atoms with Crippen LogP contribution >= 0.6 is 0 Å². The van der Waals surface area contributed by atoms with Crippen LogP contribution in [-0.2, 0) is 4.79 Å². The van der Waals surface area contributed by atoms with Gasteiger partial charge in [-0.2, -0.15) is 10.4 Å². The molecule has 0 spiro atoms. The van der Waals surface area contributed by atoms with Gasteiger partial charge >= 0.3 is 0 Å². The van der Waals surface area contributed by atoms with Gasteiger partial charge in [0.1, 0.15) is 17.5 Å². The van der Waals surface area contributed by atoms with Crippen molar-refractivity contribution in [3.05, 3.63) is 11.8 Å². The molecule has 3 N–H and O–H groups in total. The number of anilines is 1. The van der Waals surface area contributed by atoms with Gasteiger partial charge in [-0.05, 0) is 19.4 Å². The summed E-state index contributed by atoms with van der Waals surface area (Å²) in [5.74, 6) is 0.301. The van der Waals surface area contributed by atoms with Crippen molar-refractivity contribution in [2.45, 2.75) is 12.8 Å². The van der Waals surface area contributed by atoms with E-state index in [1.54, 1.807) is 0 Å². The molecule has 6 heteroatoms. The average molecular weight is 219 g/mol. The van der Waals surface area contributed by atoms with Crippen LogP contribution in [0.5, 0.6) is 0 Å². The first-order valence-corrected chi connectivity index (χ1v) is 5.26. The van der Waals surface area contributed by atoms with E-state index < -0.39 is 0 Å². The Bertz CT molecular complexity index is 413. The summed E-state index contributed by atoms with van der Waals surface area (Å²) >= 11 is 0. The highest BCUT2D eigenvalue weighted by Gasteiger charge is 2.21. The lowest BCUT2D eigenvalue weighted by molar-refractivity contribution is -0.120. The molecular formula is C10H13N5O. The molecule has 84 valence electrons. The Labute approximate surface area is 93.0 Å². The molecule has 2 heterocycles. The first kappa shape index (κ1) is 10.6. The number of hydrogen-bond donors (Lipinski definition) is 3. The van der Waals surface area contributed by atoms with Crippen molar-refractivity contribution in [3.63, 3.8) is 0 Å². The summed E-state index contributed by atoms with van der Waals surface area (Å²) in [5.41, 5.74) is 0.358. The number of carbonyl (C=O) groups is 1. The summed E-state index contributed by atoms with van der Waals surface area (Å²) in [6.45, 7) is 1.67. The third-order valence-corrected chi connectivity index (χ3v) is 2.68. The molecule has 1 aliphatic heterocycles. The Morgan fingerprint density at radius 1 is 1.69 bits per heavy atom. The van der Waals surface area contributed by atoms with E-state index in [2.05, 4.69) is 20.8 Å². The van der Waals surface area contributed by atoms with Gasteiger partial charge in [0, 0.05) is 6.54 Å². The summed E-state index contributed by atoms with van der Waals surface area (Å²) in [5, 5.41) is 20.9. The van der Waals surface area contributed by atoms with Gasteiger partial charge in [-0.15, -0.1) is 0 Å². The van der Waals surface area contributed by atoms with Crippen LogP contribution < -0.4 is 10.6 Å². The second kappa shape index (κ2) is 4.77. The van der Waals surface area contributed by atoms with Crippen LogP contribution in [0.1, 0.15) is 18.4 Å². The van der Waals surface area contributed by atoms with Crippen LogP contribution in [0.25, 0.3) is 0 Å². The van der Waals surface area contributed by atoms with Crippen molar-refractivity contribution >= 4 is 11.7 Å². The summed E-state index contributed by atoms with van der Waals surface area (Å²) in [6.07, 6.45) is 3.29. The number of nitrogens with one attached hydrogen (secondary N) is 3. The number of piperidine rings is 1. The van der Waals surface area contributed by atoms with Gasteiger partial charge < -0.3 is 10.6 Å². The quantitative estimate of drug-likeness (QED) is 0.663. The Kier molecular flexibility index (Phi) is 3.17. The second-order valence-corrected chi connectivity index (χ2v) is 3.80. The van der Waals surface area contributed by atoms with Crippen LogP contribution in [0.3, 0.4) is 0 Å². The molecule has 0 bridgehead atoms. The van der Waals surface area contributed by atoms with E-state index in [0.29, 0.717) is 17.9 Å². The molecule has 1 saturated heterocycles. The molecule has 6 nitrogen and oxygen atoms in total. The predicted octanol–water partition coefficient (Wildman–Crippen LogP) is 0.219. The summed E-state index contributed by atoms with van der Waals surface area (Å²) < 4.78 is 0. The molecule has 1 aliphatic rings. The number of nitriles is 1. The van der Waals surface area contributed by atoms with E-state index >= 15 is 0 Å². The molecule has 1 atom stereocenters. The Morgan fingerprint density at radius 2 is 2.56 bits per heavy atom.